The Bertz CT molecular complexity index is 595. The van der Waals surface area contributed by atoms with Crippen molar-refractivity contribution in [1.82, 2.24) is 0 Å². The minimum Gasteiger partial charge on any atom is -0.465 e. The first-order chi connectivity index (χ1) is 10.4. The number of esters is 1. The van der Waals surface area contributed by atoms with Gasteiger partial charge in [-0.05, 0) is 25.1 Å². The highest BCUT2D eigenvalue weighted by Crippen LogP contribution is 2.37. The van der Waals surface area contributed by atoms with E-state index in [4.69, 9.17) is 20.8 Å². The molecule has 0 bridgehead atoms. The first kappa shape index (κ1) is 20.2. The lowest BCUT2D eigenvalue weighted by molar-refractivity contribution is -0.122. The fraction of sp³-hybridized carbons (Fsp3) is 0.600. The van der Waals surface area contributed by atoms with Crippen LogP contribution < -0.4 is 5.32 Å². The highest BCUT2D eigenvalue weighted by atomic mass is 35.5. The van der Waals surface area contributed by atoms with Crippen LogP contribution in [0, 0.1) is 0 Å². The van der Waals surface area contributed by atoms with Gasteiger partial charge in [-0.3, -0.25) is 4.79 Å². The van der Waals surface area contributed by atoms with E-state index in [-0.39, 0.29) is 21.5 Å². The summed E-state index contributed by atoms with van der Waals surface area (Å²) in [6, 6.07) is 0. The first-order valence-electron chi connectivity index (χ1n) is 7.24. The van der Waals surface area contributed by atoms with Crippen LogP contribution in [0.25, 0.3) is 0 Å². The van der Waals surface area contributed by atoms with Crippen molar-refractivity contribution in [1.29, 1.82) is 0 Å². The second-order valence-corrected chi connectivity index (χ2v) is 12.8. The molecule has 0 saturated carbocycles. The summed E-state index contributed by atoms with van der Waals surface area (Å²) in [5.41, 5.74) is 0.173. The standard InChI is InChI=1S/C15H24ClNO4SSi/c1-9(21-23(6,7)15(2,3)4)12(18)17-13-11(14(19)20-5)10(16)8-22-13/h8-9H,1-7H3,(H,17,18)/t9-/m0/s1. The molecule has 1 aromatic heterocycles. The van der Waals surface area contributed by atoms with E-state index in [0.717, 1.165) is 0 Å². The van der Waals surface area contributed by atoms with Crippen LogP contribution in [0.4, 0.5) is 5.00 Å². The summed E-state index contributed by atoms with van der Waals surface area (Å²) in [5, 5.41) is 4.94. The molecule has 5 nitrogen and oxygen atoms in total. The lowest BCUT2D eigenvalue weighted by atomic mass is 10.2. The first-order valence-corrected chi connectivity index (χ1v) is 11.4. The number of ether oxygens (including phenoxy) is 1. The van der Waals surface area contributed by atoms with Crippen LogP contribution in [0.1, 0.15) is 38.1 Å². The Morgan fingerprint density at radius 1 is 1.35 bits per heavy atom. The van der Waals surface area contributed by atoms with Crippen LogP contribution in [0.15, 0.2) is 5.38 Å². The summed E-state index contributed by atoms with van der Waals surface area (Å²) >= 11 is 7.16. The van der Waals surface area contributed by atoms with Crippen molar-refractivity contribution >= 4 is 48.1 Å². The van der Waals surface area contributed by atoms with E-state index in [1.807, 2.05) is 0 Å². The van der Waals surface area contributed by atoms with Crippen molar-refractivity contribution in [2.45, 2.75) is 51.9 Å². The molecule has 0 aliphatic rings. The molecule has 23 heavy (non-hydrogen) atoms. The van der Waals surface area contributed by atoms with Crippen LogP contribution in [-0.4, -0.2) is 33.4 Å². The van der Waals surface area contributed by atoms with Gasteiger partial charge < -0.3 is 14.5 Å². The molecule has 0 saturated heterocycles. The summed E-state index contributed by atoms with van der Waals surface area (Å²) in [7, 11) is -0.791. The molecule has 0 aliphatic heterocycles. The molecular formula is C15H24ClNO4SSi. The van der Waals surface area contributed by atoms with Gasteiger partial charge >= 0.3 is 5.97 Å². The zero-order valence-corrected chi connectivity index (χ0v) is 17.1. The molecule has 8 heteroatoms. The largest absolute Gasteiger partial charge is 0.465 e. The van der Waals surface area contributed by atoms with Crippen molar-refractivity contribution in [2.75, 3.05) is 12.4 Å². The third kappa shape index (κ3) is 4.79. The Hall–Kier alpha value is -0.893. The highest BCUT2D eigenvalue weighted by molar-refractivity contribution is 7.15. The molecule has 1 aromatic rings. The third-order valence-corrected chi connectivity index (χ3v) is 9.90. The number of amides is 1. The number of carbonyl (C=O) groups excluding carboxylic acids is 2. The maximum Gasteiger partial charge on any atom is 0.342 e. The lowest BCUT2D eigenvalue weighted by Gasteiger charge is -2.37. The molecule has 0 radical (unpaired) electrons. The maximum absolute atomic E-state index is 12.4. The Balaban J connectivity index is 2.87. The van der Waals surface area contributed by atoms with Gasteiger partial charge in [-0.25, -0.2) is 4.79 Å². The molecule has 1 rings (SSSR count). The molecule has 1 N–H and O–H groups in total. The number of hydrogen-bond acceptors (Lipinski definition) is 5. The fourth-order valence-electron chi connectivity index (χ4n) is 1.61. The summed E-state index contributed by atoms with van der Waals surface area (Å²) < 4.78 is 10.7. The Morgan fingerprint density at radius 2 is 1.91 bits per heavy atom. The Kier molecular flexibility index (Phi) is 6.43. The average molecular weight is 378 g/mol. The molecule has 1 heterocycles. The predicted molar refractivity (Wildman–Crippen MR) is 97.0 cm³/mol. The second kappa shape index (κ2) is 7.34. The molecule has 0 spiro atoms. The summed E-state index contributed by atoms with van der Waals surface area (Å²) in [6.45, 7) is 12.2. The van der Waals surface area contributed by atoms with Gasteiger partial charge in [0.15, 0.2) is 8.32 Å². The van der Waals surface area contributed by atoms with Crippen LogP contribution in [-0.2, 0) is 14.0 Å². The van der Waals surface area contributed by atoms with E-state index in [0.29, 0.717) is 5.00 Å². The maximum atomic E-state index is 12.4. The zero-order chi connectivity index (χ0) is 18.0. The molecule has 1 atom stereocenters. The monoisotopic (exact) mass is 377 g/mol. The van der Waals surface area contributed by atoms with Gasteiger partial charge in [0, 0.05) is 5.38 Å². The molecule has 1 amide bonds. The van der Waals surface area contributed by atoms with E-state index in [2.05, 4.69) is 39.2 Å². The minimum atomic E-state index is -2.06. The number of carbonyl (C=O) groups is 2. The minimum absolute atomic E-state index is 0.00492. The number of methoxy groups -OCH3 is 1. The number of anilines is 1. The number of thiophene rings is 1. The van der Waals surface area contributed by atoms with Crippen LogP contribution in [0.3, 0.4) is 0 Å². The average Bonchev–Trinajstić information content (AvgIpc) is 2.77. The van der Waals surface area contributed by atoms with Crippen LogP contribution >= 0.6 is 22.9 Å². The normalized spacial score (nSPS) is 13.6. The second-order valence-electron chi connectivity index (χ2n) is 6.79. The molecule has 0 fully saturated rings. The number of hydrogen-bond donors (Lipinski definition) is 1. The summed E-state index contributed by atoms with van der Waals surface area (Å²) in [4.78, 5) is 24.1. The van der Waals surface area contributed by atoms with Gasteiger partial charge in [-0.1, -0.05) is 32.4 Å². The quantitative estimate of drug-likeness (QED) is 0.604. The van der Waals surface area contributed by atoms with Crippen LogP contribution in [0.2, 0.25) is 23.2 Å². The van der Waals surface area contributed by atoms with Crippen molar-refractivity contribution in [3.63, 3.8) is 0 Å². The topological polar surface area (TPSA) is 64.6 Å². The van der Waals surface area contributed by atoms with E-state index in [1.165, 1.54) is 18.4 Å². The third-order valence-electron chi connectivity index (χ3n) is 4.02. The van der Waals surface area contributed by atoms with Crippen molar-refractivity contribution < 1.29 is 18.8 Å². The molecule has 0 aliphatic carbocycles. The number of nitrogens with one attached hydrogen (secondary N) is 1. The van der Waals surface area contributed by atoms with E-state index >= 15 is 0 Å². The molecule has 0 unspecified atom stereocenters. The van der Waals surface area contributed by atoms with Gasteiger partial charge in [0.25, 0.3) is 5.91 Å². The van der Waals surface area contributed by atoms with E-state index in [1.54, 1.807) is 12.3 Å². The van der Waals surface area contributed by atoms with E-state index in [9.17, 15) is 9.59 Å². The van der Waals surface area contributed by atoms with Gasteiger partial charge in [0.2, 0.25) is 0 Å². The molecule has 0 aromatic carbocycles. The van der Waals surface area contributed by atoms with Gasteiger partial charge in [0.05, 0.1) is 12.1 Å². The predicted octanol–water partition coefficient (Wildman–Crippen LogP) is 4.54. The van der Waals surface area contributed by atoms with Gasteiger partial charge in [-0.15, -0.1) is 11.3 Å². The SMILES string of the molecule is COC(=O)c1c(Cl)csc1NC(=O)[C@H](C)O[Si](C)(C)C(C)(C)C. The Labute approximate surface area is 147 Å². The van der Waals surface area contributed by atoms with Crippen molar-refractivity contribution in [3.8, 4) is 0 Å². The number of halogens is 1. The van der Waals surface area contributed by atoms with Crippen LogP contribution in [0.5, 0.6) is 0 Å². The Morgan fingerprint density at radius 3 is 2.39 bits per heavy atom. The van der Waals surface area contributed by atoms with Gasteiger partial charge in [0.1, 0.15) is 16.7 Å². The lowest BCUT2D eigenvalue weighted by Crippen LogP contribution is -2.46. The summed E-state index contributed by atoms with van der Waals surface area (Å²) in [6.07, 6.45) is -0.623. The zero-order valence-electron chi connectivity index (χ0n) is 14.6. The van der Waals surface area contributed by atoms with Gasteiger partial charge in [-0.2, -0.15) is 0 Å². The van der Waals surface area contributed by atoms with Crippen molar-refractivity contribution in [3.05, 3.63) is 16.0 Å². The fourth-order valence-corrected chi connectivity index (χ4v) is 4.12. The summed E-state index contributed by atoms with van der Waals surface area (Å²) in [5.74, 6) is -0.886. The van der Waals surface area contributed by atoms with Crippen molar-refractivity contribution in [2.24, 2.45) is 0 Å². The smallest absolute Gasteiger partial charge is 0.342 e. The highest BCUT2D eigenvalue weighted by Gasteiger charge is 2.39. The van der Waals surface area contributed by atoms with E-state index < -0.39 is 20.4 Å². The number of rotatable bonds is 5. The molecular weight excluding hydrogens is 354 g/mol. The molecule has 130 valence electrons.